The number of aliphatic hydroxyl groups is 1. The van der Waals surface area contributed by atoms with Crippen LogP contribution < -0.4 is 10.6 Å². The van der Waals surface area contributed by atoms with Gasteiger partial charge in [0.1, 0.15) is 11.6 Å². The van der Waals surface area contributed by atoms with E-state index in [0.717, 1.165) is 22.3 Å². The van der Waals surface area contributed by atoms with Crippen molar-refractivity contribution in [1.82, 2.24) is 25.1 Å². The molecule has 3 heterocycles. The summed E-state index contributed by atoms with van der Waals surface area (Å²) < 4.78 is 15.0. The molecule has 0 saturated heterocycles. The molecule has 0 aliphatic rings. The molecule has 0 fully saturated rings. The second-order valence-corrected chi connectivity index (χ2v) is 8.08. The highest BCUT2D eigenvalue weighted by Gasteiger charge is 2.30. The van der Waals surface area contributed by atoms with Gasteiger partial charge in [0.25, 0.3) is 0 Å². The second-order valence-electron chi connectivity index (χ2n) is 8.08. The molecule has 1 atom stereocenters. The van der Waals surface area contributed by atoms with Gasteiger partial charge in [-0.3, -0.25) is 10.3 Å². The van der Waals surface area contributed by atoms with E-state index in [1.54, 1.807) is 43.2 Å². The molecular formula is C23H23FN6O2. The summed E-state index contributed by atoms with van der Waals surface area (Å²) in [4.78, 5) is 21.2. The van der Waals surface area contributed by atoms with Crippen LogP contribution in [0.2, 0.25) is 0 Å². The van der Waals surface area contributed by atoms with Crippen molar-refractivity contribution in [2.24, 2.45) is 0 Å². The van der Waals surface area contributed by atoms with Crippen LogP contribution in [0.3, 0.4) is 0 Å². The summed E-state index contributed by atoms with van der Waals surface area (Å²) >= 11 is 0. The van der Waals surface area contributed by atoms with Gasteiger partial charge in [0.15, 0.2) is 0 Å². The second kappa shape index (κ2) is 8.35. The average Bonchev–Trinajstić information content (AvgIpc) is 3.15. The van der Waals surface area contributed by atoms with E-state index in [4.69, 9.17) is 0 Å². The van der Waals surface area contributed by atoms with E-state index >= 15 is 0 Å². The van der Waals surface area contributed by atoms with Gasteiger partial charge in [0.2, 0.25) is 0 Å². The van der Waals surface area contributed by atoms with Crippen LogP contribution >= 0.6 is 0 Å². The lowest BCUT2D eigenvalue weighted by molar-refractivity contribution is 0.0415. The summed E-state index contributed by atoms with van der Waals surface area (Å²) in [6, 6.07) is 9.79. The van der Waals surface area contributed by atoms with Crippen LogP contribution in [0.1, 0.15) is 31.1 Å². The molecule has 3 aromatic heterocycles. The highest BCUT2D eigenvalue weighted by molar-refractivity contribution is 5.91. The molecule has 164 valence electrons. The number of amides is 2. The zero-order valence-electron chi connectivity index (χ0n) is 17.9. The Morgan fingerprint density at radius 2 is 1.88 bits per heavy atom. The zero-order chi connectivity index (χ0) is 22.9. The number of benzene rings is 1. The van der Waals surface area contributed by atoms with Gasteiger partial charge in [-0.1, -0.05) is 12.1 Å². The topological polar surface area (TPSA) is 105 Å². The van der Waals surface area contributed by atoms with Crippen LogP contribution in [0.4, 0.5) is 15.0 Å². The van der Waals surface area contributed by atoms with Crippen molar-refractivity contribution in [3.05, 3.63) is 78.1 Å². The first kappa shape index (κ1) is 21.4. The summed E-state index contributed by atoms with van der Waals surface area (Å²) in [5.74, 6) is -0.0678. The van der Waals surface area contributed by atoms with Gasteiger partial charge in [0, 0.05) is 17.3 Å². The summed E-state index contributed by atoms with van der Waals surface area (Å²) in [7, 11) is 0. The fourth-order valence-electron chi connectivity index (χ4n) is 3.47. The van der Waals surface area contributed by atoms with E-state index in [2.05, 4.69) is 25.7 Å². The molecule has 0 bridgehead atoms. The molecule has 4 aromatic rings. The average molecular weight is 434 g/mol. The standard InChI is InChI=1S/C23H23FN6O2/c1-14-10-18(8-9-25-14)30-19-13-26-20(11-16(19)12-27-30)28-22(31)29-21(23(2,3)32)15-4-6-17(24)7-5-15/h4-13,21,32H,1-3H3,(H2,26,28,29,31)/t21-/m0/s1. The van der Waals surface area contributed by atoms with Crippen molar-refractivity contribution in [2.45, 2.75) is 32.4 Å². The third kappa shape index (κ3) is 4.57. The van der Waals surface area contributed by atoms with E-state index in [1.165, 1.54) is 24.3 Å². The number of hydrogen-bond donors (Lipinski definition) is 3. The van der Waals surface area contributed by atoms with Crippen molar-refractivity contribution in [3.63, 3.8) is 0 Å². The Balaban J connectivity index is 1.53. The van der Waals surface area contributed by atoms with Crippen LogP contribution in [-0.2, 0) is 0 Å². The smallest absolute Gasteiger partial charge is 0.320 e. The van der Waals surface area contributed by atoms with Crippen molar-refractivity contribution in [3.8, 4) is 5.69 Å². The molecule has 0 radical (unpaired) electrons. The fraction of sp³-hybridized carbons (Fsp3) is 0.217. The number of carbonyl (C=O) groups is 1. The quantitative estimate of drug-likeness (QED) is 0.442. The molecule has 2 amide bonds. The first-order chi connectivity index (χ1) is 15.2. The number of pyridine rings is 2. The van der Waals surface area contributed by atoms with Gasteiger partial charge in [-0.2, -0.15) is 5.10 Å². The predicted octanol–water partition coefficient (Wildman–Crippen LogP) is 3.90. The number of nitrogens with zero attached hydrogens (tertiary/aromatic N) is 4. The molecule has 0 spiro atoms. The Morgan fingerprint density at radius 1 is 1.12 bits per heavy atom. The molecule has 0 aliphatic carbocycles. The third-order valence-corrected chi connectivity index (χ3v) is 5.01. The largest absolute Gasteiger partial charge is 0.388 e. The molecule has 3 N–H and O–H groups in total. The Hall–Kier alpha value is -3.85. The first-order valence-electron chi connectivity index (χ1n) is 10.0. The van der Waals surface area contributed by atoms with Crippen LogP contribution in [0.15, 0.2) is 61.1 Å². The lowest BCUT2D eigenvalue weighted by Gasteiger charge is -2.30. The van der Waals surface area contributed by atoms with Gasteiger partial charge in [0.05, 0.1) is 35.2 Å². The van der Waals surface area contributed by atoms with Gasteiger partial charge in [-0.15, -0.1) is 0 Å². The number of fused-ring (bicyclic) bond motifs is 1. The highest BCUT2D eigenvalue weighted by Crippen LogP contribution is 2.26. The minimum Gasteiger partial charge on any atom is -0.388 e. The van der Waals surface area contributed by atoms with Crippen molar-refractivity contribution in [2.75, 3.05) is 5.32 Å². The molecule has 9 heteroatoms. The van der Waals surface area contributed by atoms with Crippen LogP contribution in [0, 0.1) is 12.7 Å². The Kier molecular flexibility index (Phi) is 5.58. The maximum atomic E-state index is 13.3. The number of nitrogens with one attached hydrogen (secondary N) is 2. The Bertz CT molecular complexity index is 1260. The number of aryl methyl sites for hydroxylation is 1. The first-order valence-corrected chi connectivity index (χ1v) is 10.0. The summed E-state index contributed by atoms with van der Waals surface area (Å²) in [6.45, 7) is 5.04. The van der Waals surface area contributed by atoms with Crippen molar-refractivity contribution >= 4 is 22.8 Å². The van der Waals surface area contributed by atoms with Gasteiger partial charge in [-0.05, 0) is 56.7 Å². The number of rotatable bonds is 5. The molecule has 8 nitrogen and oxygen atoms in total. The molecule has 0 saturated carbocycles. The molecule has 1 aromatic carbocycles. The molecule has 4 rings (SSSR count). The molecule has 0 unspecified atom stereocenters. The Labute approximate surface area is 184 Å². The van der Waals surface area contributed by atoms with E-state index in [-0.39, 0.29) is 0 Å². The van der Waals surface area contributed by atoms with E-state index in [0.29, 0.717) is 11.4 Å². The van der Waals surface area contributed by atoms with Gasteiger partial charge < -0.3 is 10.4 Å². The Morgan fingerprint density at radius 3 is 2.56 bits per heavy atom. The zero-order valence-corrected chi connectivity index (χ0v) is 17.9. The molecule has 32 heavy (non-hydrogen) atoms. The third-order valence-electron chi connectivity index (χ3n) is 5.01. The maximum Gasteiger partial charge on any atom is 0.320 e. The molecule has 0 aliphatic heterocycles. The van der Waals surface area contributed by atoms with E-state index < -0.39 is 23.5 Å². The highest BCUT2D eigenvalue weighted by atomic mass is 19.1. The number of aromatic nitrogens is 4. The number of hydrogen-bond acceptors (Lipinski definition) is 5. The predicted molar refractivity (Wildman–Crippen MR) is 119 cm³/mol. The monoisotopic (exact) mass is 434 g/mol. The number of urea groups is 1. The summed E-state index contributed by atoms with van der Waals surface area (Å²) in [5.41, 5.74) is 1.81. The molecular weight excluding hydrogens is 411 g/mol. The van der Waals surface area contributed by atoms with Crippen LogP contribution in [0.25, 0.3) is 16.6 Å². The number of anilines is 1. The van der Waals surface area contributed by atoms with Crippen LogP contribution in [-0.4, -0.2) is 36.5 Å². The minimum absolute atomic E-state index is 0.328. The number of halogens is 1. The van der Waals surface area contributed by atoms with Crippen LogP contribution in [0.5, 0.6) is 0 Å². The van der Waals surface area contributed by atoms with E-state index in [1.807, 2.05) is 19.1 Å². The minimum atomic E-state index is -1.28. The lowest BCUT2D eigenvalue weighted by atomic mass is 9.92. The van der Waals surface area contributed by atoms with Crippen molar-refractivity contribution in [1.29, 1.82) is 0 Å². The summed E-state index contributed by atoms with van der Waals surface area (Å²) in [6.07, 6.45) is 5.03. The lowest BCUT2D eigenvalue weighted by Crippen LogP contribution is -2.43. The van der Waals surface area contributed by atoms with E-state index in [9.17, 15) is 14.3 Å². The van der Waals surface area contributed by atoms with Gasteiger partial charge in [-0.25, -0.2) is 18.9 Å². The summed E-state index contributed by atoms with van der Waals surface area (Å²) in [5, 5.41) is 21.1. The normalized spacial score (nSPS) is 12.5. The van der Waals surface area contributed by atoms with Gasteiger partial charge >= 0.3 is 6.03 Å². The number of carbonyl (C=O) groups excluding carboxylic acids is 1. The van der Waals surface area contributed by atoms with Crippen molar-refractivity contribution < 1.29 is 14.3 Å². The SMILES string of the molecule is Cc1cc(-n2ncc3cc(NC(=O)N[C@@H](c4ccc(F)cc4)C(C)(C)O)ncc32)ccn1. The fourth-order valence-corrected chi connectivity index (χ4v) is 3.47. The maximum absolute atomic E-state index is 13.3.